The molecular formula is C26H38F2O2. The Morgan fingerprint density at radius 3 is 2.40 bits per heavy atom. The van der Waals surface area contributed by atoms with Crippen LogP contribution >= 0.6 is 0 Å². The Balaban J connectivity index is 1.46. The minimum Gasteiger partial charge on any atom is -0.494 e. The topological polar surface area (TPSA) is 18.5 Å². The summed E-state index contributed by atoms with van der Waals surface area (Å²) in [6, 6.07) is 1.48. The van der Waals surface area contributed by atoms with Gasteiger partial charge in [-0.25, -0.2) is 0 Å². The first kappa shape index (κ1) is 23.1. The number of benzene rings is 1. The molecule has 1 aromatic rings. The van der Waals surface area contributed by atoms with Crippen molar-refractivity contribution in [2.24, 2.45) is 17.8 Å². The maximum atomic E-state index is 14.3. The van der Waals surface area contributed by atoms with Gasteiger partial charge >= 0.3 is 0 Å². The minimum atomic E-state index is -0.985. The lowest BCUT2D eigenvalue weighted by molar-refractivity contribution is 0.183. The second-order valence-electron chi connectivity index (χ2n) is 9.31. The lowest BCUT2D eigenvalue weighted by Gasteiger charge is -2.35. The summed E-state index contributed by atoms with van der Waals surface area (Å²) in [6.45, 7) is 4.32. The molecule has 0 bridgehead atoms. The van der Waals surface area contributed by atoms with Gasteiger partial charge in [-0.2, -0.15) is 8.78 Å². The van der Waals surface area contributed by atoms with Gasteiger partial charge in [0.05, 0.1) is 7.11 Å². The van der Waals surface area contributed by atoms with Crippen LogP contribution in [0.25, 0.3) is 0 Å². The zero-order valence-electron chi connectivity index (χ0n) is 18.9. The van der Waals surface area contributed by atoms with Crippen LogP contribution in [-0.4, -0.2) is 13.7 Å². The highest BCUT2D eigenvalue weighted by Crippen LogP contribution is 2.41. The van der Waals surface area contributed by atoms with Crippen LogP contribution in [0.2, 0.25) is 0 Å². The van der Waals surface area contributed by atoms with Crippen LogP contribution in [0.4, 0.5) is 8.78 Å². The third kappa shape index (κ3) is 5.76. The van der Waals surface area contributed by atoms with Crippen LogP contribution in [0.5, 0.6) is 11.5 Å². The second kappa shape index (κ2) is 11.2. The molecule has 1 atom stereocenters. The zero-order valence-corrected chi connectivity index (χ0v) is 18.9. The number of hydrogen-bond donors (Lipinski definition) is 0. The molecular weight excluding hydrogens is 382 g/mol. The SMILES string of the molecule is CCCCCC1CCC(C2CC=C(COc3c(C)cc(OC)c(F)c3F)CC2)CC1. The second-order valence-corrected chi connectivity index (χ2v) is 9.31. The molecule has 0 N–H and O–H groups in total. The molecule has 0 radical (unpaired) electrons. The maximum absolute atomic E-state index is 14.3. The van der Waals surface area contributed by atoms with Crippen LogP contribution in [0, 0.1) is 36.3 Å². The van der Waals surface area contributed by atoms with Crippen LogP contribution in [0.3, 0.4) is 0 Å². The van der Waals surface area contributed by atoms with Gasteiger partial charge in [-0.3, -0.25) is 0 Å². The molecule has 0 aliphatic heterocycles. The largest absolute Gasteiger partial charge is 0.494 e. The van der Waals surface area contributed by atoms with Crippen molar-refractivity contribution in [1.29, 1.82) is 0 Å². The number of rotatable bonds is 9. The molecule has 2 nitrogen and oxygen atoms in total. The number of aryl methyl sites for hydroxylation is 1. The first-order valence-corrected chi connectivity index (χ1v) is 11.9. The zero-order chi connectivity index (χ0) is 21.5. The van der Waals surface area contributed by atoms with E-state index in [1.54, 1.807) is 6.92 Å². The molecule has 1 aromatic carbocycles. The summed E-state index contributed by atoms with van der Waals surface area (Å²) in [5.74, 6) is 0.565. The minimum absolute atomic E-state index is 0.00211. The molecule has 0 spiro atoms. The Morgan fingerprint density at radius 2 is 1.77 bits per heavy atom. The first-order valence-electron chi connectivity index (χ1n) is 11.9. The van der Waals surface area contributed by atoms with Gasteiger partial charge in [-0.05, 0) is 74.0 Å². The van der Waals surface area contributed by atoms with Crippen LogP contribution in [0.15, 0.2) is 17.7 Å². The van der Waals surface area contributed by atoms with Gasteiger partial charge in [-0.1, -0.05) is 51.5 Å². The fraction of sp³-hybridized carbons (Fsp3) is 0.692. The Labute approximate surface area is 181 Å². The monoisotopic (exact) mass is 420 g/mol. The van der Waals surface area contributed by atoms with Gasteiger partial charge in [0.1, 0.15) is 6.61 Å². The fourth-order valence-electron chi connectivity index (χ4n) is 5.30. The molecule has 1 saturated carbocycles. The number of hydrogen-bond acceptors (Lipinski definition) is 2. The van der Waals surface area contributed by atoms with E-state index in [1.165, 1.54) is 76.5 Å². The maximum Gasteiger partial charge on any atom is 0.204 e. The van der Waals surface area contributed by atoms with Crippen molar-refractivity contribution in [2.75, 3.05) is 13.7 Å². The fourth-order valence-corrected chi connectivity index (χ4v) is 5.30. The van der Waals surface area contributed by atoms with E-state index < -0.39 is 11.6 Å². The lowest BCUT2D eigenvalue weighted by atomic mass is 9.70. The molecule has 30 heavy (non-hydrogen) atoms. The molecule has 0 heterocycles. The molecule has 0 aromatic heterocycles. The average Bonchev–Trinajstić information content (AvgIpc) is 2.77. The number of halogens is 2. The highest BCUT2D eigenvalue weighted by molar-refractivity contribution is 5.42. The smallest absolute Gasteiger partial charge is 0.204 e. The normalized spacial score (nSPS) is 24.4. The van der Waals surface area contributed by atoms with Crippen molar-refractivity contribution < 1.29 is 18.3 Å². The van der Waals surface area contributed by atoms with E-state index in [-0.39, 0.29) is 11.5 Å². The van der Waals surface area contributed by atoms with Gasteiger partial charge in [0.2, 0.25) is 11.6 Å². The van der Waals surface area contributed by atoms with E-state index >= 15 is 0 Å². The highest BCUT2D eigenvalue weighted by Gasteiger charge is 2.28. The van der Waals surface area contributed by atoms with E-state index in [9.17, 15) is 8.78 Å². The van der Waals surface area contributed by atoms with Gasteiger partial charge in [0.15, 0.2) is 11.5 Å². The third-order valence-electron chi connectivity index (χ3n) is 7.26. The molecule has 0 amide bonds. The Kier molecular flexibility index (Phi) is 8.59. The molecule has 1 unspecified atom stereocenters. The summed E-state index contributed by atoms with van der Waals surface area (Å²) >= 11 is 0. The van der Waals surface area contributed by atoms with Gasteiger partial charge in [0, 0.05) is 0 Å². The number of ether oxygens (including phenoxy) is 2. The molecule has 0 saturated heterocycles. The van der Waals surface area contributed by atoms with E-state index in [4.69, 9.17) is 9.47 Å². The van der Waals surface area contributed by atoms with Crippen molar-refractivity contribution in [3.05, 3.63) is 34.9 Å². The van der Waals surface area contributed by atoms with Crippen molar-refractivity contribution >= 4 is 0 Å². The summed E-state index contributed by atoms with van der Waals surface area (Å²) in [5, 5.41) is 0. The Bertz CT molecular complexity index is 720. The van der Waals surface area contributed by atoms with E-state index in [1.807, 2.05) is 0 Å². The molecule has 2 aliphatic carbocycles. The van der Waals surface area contributed by atoms with Crippen molar-refractivity contribution in [2.45, 2.75) is 84.5 Å². The van der Waals surface area contributed by atoms with Gasteiger partial charge in [0.25, 0.3) is 0 Å². The summed E-state index contributed by atoms with van der Waals surface area (Å²) in [4.78, 5) is 0. The summed E-state index contributed by atoms with van der Waals surface area (Å²) in [6.07, 6.45) is 16.7. The predicted molar refractivity (Wildman–Crippen MR) is 118 cm³/mol. The molecule has 2 aliphatic rings. The molecule has 4 heteroatoms. The van der Waals surface area contributed by atoms with Crippen molar-refractivity contribution in [3.63, 3.8) is 0 Å². The van der Waals surface area contributed by atoms with E-state index in [0.717, 1.165) is 30.6 Å². The number of unbranched alkanes of at least 4 members (excludes halogenated alkanes) is 2. The van der Waals surface area contributed by atoms with Crippen LogP contribution in [0.1, 0.15) is 83.1 Å². The van der Waals surface area contributed by atoms with E-state index in [2.05, 4.69) is 13.0 Å². The quantitative estimate of drug-likeness (QED) is 0.300. The molecule has 168 valence electrons. The van der Waals surface area contributed by atoms with Crippen LogP contribution in [-0.2, 0) is 0 Å². The number of methoxy groups -OCH3 is 1. The summed E-state index contributed by atoms with van der Waals surface area (Å²) in [5.41, 5.74) is 1.75. The summed E-state index contributed by atoms with van der Waals surface area (Å²) < 4.78 is 38.8. The number of allylic oxidation sites excluding steroid dienone is 1. The standard InChI is InChI=1S/C26H38F2O2/c1-4-5-6-7-19-8-12-21(13-9-19)22-14-10-20(11-15-22)17-30-26-18(2)16-23(29-3)24(27)25(26)28/h10,16,19,21-22H,4-9,11-15,17H2,1-3H3. The van der Waals surface area contributed by atoms with Crippen LogP contribution < -0.4 is 9.47 Å². The molecule has 3 rings (SSSR count). The average molecular weight is 421 g/mol. The molecule has 1 fully saturated rings. The van der Waals surface area contributed by atoms with Gasteiger partial charge < -0.3 is 9.47 Å². The lowest BCUT2D eigenvalue weighted by Crippen LogP contribution is -2.24. The highest BCUT2D eigenvalue weighted by atomic mass is 19.2. The Morgan fingerprint density at radius 1 is 1.00 bits per heavy atom. The van der Waals surface area contributed by atoms with Gasteiger partial charge in [-0.15, -0.1) is 0 Å². The first-order chi connectivity index (χ1) is 14.5. The van der Waals surface area contributed by atoms with Crippen molar-refractivity contribution in [1.82, 2.24) is 0 Å². The van der Waals surface area contributed by atoms with Crippen molar-refractivity contribution in [3.8, 4) is 11.5 Å². The van der Waals surface area contributed by atoms with E-state index in [0.29, 0.717) is 12.2 Å². The third-order valence-corrected chi connectivity index (χ3v) is 7.26. The predicted octanol–water partition coefficient (Wildman–Crippen LogP) is 7.77. The Hall–Kier alpha value is -1.58. The summed E-state index contributed by atoms with van der Waals surface area (Å²) in [7, 11) is 1.33.